The summed E-state index contributed by atoms with van der Waals surface area (Å²) in [5, 5.41) is 6.10. The number of nitrogens with one attached hydrogen (secondary N) is 2. The molecule has 1 fully saturated rings. The number of nitrogens with zero attached hydrogens (tertiary/aromatic N) is 5. The van der Waals surface area contributed by atoms with Crippen LogP contribution in [0.25, 0.3) is 0 Å². The predicted molar refractivity (Wildman–Crippen MR) is 81.5 cm³/mol. The first-order chi connectivity index (χ1) is 10.3. The third-order valence-electron chi connectivity index (χ3n) is 3.70. The Kier molecular flexibility index (Phi) is 3.92. The van der Waals surface area contributed by atoms with Crippen LogP contribution in [0.4, 0.5) is 17.6 Å². The summed E-state index contributed by atoms with van der Waals surface area (Å²) in [4.78, 5) is 19.5. The lowest BCUT2D eigenvalue weighted by molar-refractivity contribution is 0.312. The molecule has 2 aromatic heterocycles. The van der Waals surface area contributed by atoms with Crippen LogP contribution < -0.4 is 10.6 Å². The summed E-state index contributed by atoms with van der Waals surface area (Å²) in [5.74, 6) is 1.99. The van der Waals surface area contributed by atoms with Gasteiger partial charge in [0.25, 0.3) is 0 Å². The number of aromatic nitrogens is 4. The van der Waals surface area contributed by atoms with Gasteiger partial charge in [-0.1, -0.05) is 0 Å². The molecule has 1 aliphatic rings. The first kappa shape index (κ1) is 13.7. The number of hydrogen-bond donors (Lipinski definition) is 2. The number of hydrogen-bond acceptors (Lipinski definition) is 7. The minimum absolute atomic E-state index is 0.381. The van der Waals surface area contributed by atoms with Crippen molar-refractivity contribution in [3.8, 4) is 0 Å². The molecule has 2 N–H and O–H groups in total. The minimum Gasteiger partial charge on any atom is -0.373 e. The molecule has 2 aromatic rings. The minimum atomic E-state index is 0.381. The van der Waals surface area contributed by atoms with Crippen molar-refractivity contribution in [2.45, 2.75) is 18.9 Å². The van der Waals surface area contributed by atoms with Gasteiger partial charge in [0.15, 0.2) is 0 Å². The molecule has 0 aliphatic carbocycles. The zero-order chi connectivity index (χ0) is 14.7. The average Bonchev–Trinajstić information content (AvgIpc) is 2.94. The van der Waals surface area contributed by atoms with Crippen LogP contribution in [-0.2, 0) is 0 Å². The first-order valence-electron chi connectivity index (χ1n) is 7.06. The van der Waals surface area contributed by atoms with E-state index in [2.05, 4.69) is 42.5 Å². The van der Waals surface area contributed by atoms with Crippen LogP contribution in [0.5, 0.6) is 0 Å². The van der Waals surface area contributed by atoms with E-state index in [0.717, 1.165) is 24.5 Å². The Morgan fingerprint density at radius 1 is 1.24 bits per heavy atom. The molecule has 7 nitrogen and oxygen atoms in total. The van der Waals surface area contributed by atoms with Gasteiger partial charge in [0, 0.05) is 19.3 Å². The largest absolute Gasteiger partial charge is 0.373 e. The summed E-state index contributed by atoms with van der Waals surface area (Å²) < 4.78 is 0. The maximum absolute atomic E-state index is 4.61. The maximum atomic E-state index is 4.61. The van der Waals surface area contributed by atoms with Crippen molar-refractivity contribution in [2.75, 3.05) is 31.3 Å². The number of likely N-dealkylation sites (tertiary alicyclic amines) is 1. The van der Waals surface area contributed by atoms with E-state index in [1.54, 1.807) is 6.20 Å². The van der Waals surface area contributed by atoms with Crippen LogP contribution in [0.15, 0.2) is 24.7 Å². The van der Waals surface area contributed by atoms with Gasteiger partial charge in [-0.3, -0.25) is 4.90 Å². The summed E-state index contributed by atoms with van der Waals surface area (Å²) in [6.45, 7) is 1.12. The number of anilines is 3. The topological polar surface area (TPSA) is 78.9 Å². The first-order valence-corrected chi connectivity index (χ1v) is 7.06. The molecule has 3 rings (SSSR count). The lowest BCUT2D eigenvalue weighted by Gasteiger charge is -2.19. The molecule has 0 saturated carbocycles. The van der Waals surface area contributed by atoms with Crippen molar-refractivity contribution in [3.63, 3.8) is 0 Å². The van der Waals surface area contributed by atoms with E-state index in [0.29, 0.717) is 17.8 Å². The number of rotatable bonds is 4. The van der Waals surface area contributed by atoms with Gasteiger partial charge in [0.05, 0.1) is 11.7 Å². The van der Waals surface area contributed by atoms with Gasteiger partial charge in [0.2, 0.25) is 5.95 Å². The molecule has 110 valence electrons. The van der Waals surface area contributed by atoms with E-state index in [-0.39, 0.29) is 0 Å². The summed E-state index contributed by atoms with van der Waals surface area (Å²) in [6.07, 6.45) is 5.65. The van der Waals surface area contributed by atoms with Crippen molar-refractivity contribution in [2.24, 2.45) is 0 Å². The van der Waals surface area contributed by atoms with Crippen LogP contribution in [0, 0.1) is 0 Å². The van der Waals surface area contributed by atoms with Crippen LogP contribution in [-0.4, -0.2) is 45.5 Å². The zero-order valence-corrected chi connectivity index (χ0v) is 12.2. The normalized spacial score (nSPS) is 18.7. The highest BCUT2D eigenvalue weighted by Crippen LogP contribution is 2.29. The second-order valence-corrected chi connectivity index (χ2v) is 5.11. The van der Waals surface area contributed by atoms with E-state index in [1.165, 1.54) is 12.7 Å². The summed E-state index contributed by atoms with van der Waals surface area (Å²) >= 11 is 0. The third-order valence-corrected chi connectivity index (χ3v) is 3.70. The van der Waals surface area contributed by atoms with E-state index in [4.69, 9.17) is 0 Å². The Hall–Kier alpha value is -2.28. The highest BCUT2D eigenvalue weighted by atomic mass is 15.2. The average molecular weight is 285 g/mol. The van der Waals surface area contributed by atoms with Gasteiger partial charge in [-0.25, -0.2) is 19.9 Å². The Morgan fingerprint density at radius 2 is 2.10 bits per heavy atom. The molecule has 0 aromatic carbocycles. The van der Waals surface area contributed by atoms with Gasteiger partial charge >= 0.3 is 0 Å². The fraction of sp³-hybridized carbons (Fsp3) is 0.429. The van der Waals surface area contributed by atoms with E-state index >= 15 is 0 Å². The molecular weight excluding hydrogens is 266 g/mol. The lowest BCUT2D eigenvalue weighted by atomic mass is 10.1. The molecule has 0 radical (unpaired) electrons. The molecule has 0 bridgehead atoms. The summed E-state index contributed by atoms with van der Waals surface area (Å²) in [6, 6.07) is 4.18. The predicted octanol–water partition coefficient (Wildman–Crippen LogP) is 1.82. The van der Waals surface area contributed by atoms with Gasteiger partial charge < -0.3 is 10.6 Å². The van der Waals surface area contributed by atoms with E-state index < -0.39 is 0 Å². The van der Waals surface area contributed by atoms with Crippen molar-refractivity contribution in [1.29, 1.82) is 0 Å². The molecule has 1 atom stereocenters. The smallest absolute Gasteiger partial charge is 0.228 e. The van der Waals surface area contributed by atoms with E-state index in [1.807, 2.05) is 19.2 Å². The maximum Gasteiger partial charge on any atom is 0.228 e. The van der Waals surface area contributed by atoms with Crippen molar-refractivity contribution < 1.29 is 0 Å². The Morgan fingerprint density at radius 3 is 2.86 bits per heavy atom. The highest BCUT2D eigenvalue weighted by molar-refractivity contribution is 5.52. The standard InChI is InChI=1S/C14H19N7/c1-15-12-8-13(18-9-17-12)20-14-16-6-5-10(19-14)11-4-3-7-21(11)2/h5-6,8-9,11H,3-4,7H2,1-2H3,(H2,15,16,17,18,19,20). The third kappa shape index (κ3) is 3.08. The second-order valence-electron chi connectivity index (χ2n) is 5.11. The van der Waals surface area contributed by atoms with Crippen molar-refractivity contribution in [1.82, 2.24) is 24.8 Å². The van der Waals surface area contributed by atoms with Gasteiger partial charge in [-0.05, 0) is 32.5 Å². The molecular formula is C14H19N7. The van der Waals surface area contributed by atoms with Crippen LogP contribution in [0.2, 0.25) is 0 Å². The fourth-order valence-electron chi connectivity index (χ4n) is 2.58. The van der Waals surface area contributed by atoms with Crippen molar-refractivity contribution in [3.05, 3.63) is 30.4 Å². The van der Waals surface area contributed by atoms with Crippen molar-refractivity contribution >= 4 is 17.6 Å². The Bertz CT molecular complexity index is 616. The molecule has 1 unspecified atom stereocenters. The lowest BCUT2D eigenvalue weighted by Crippen LogP contribution is -2.19. The molecule has 7 heteroatoms. The molecule has 0 spiro atoms. The quantitative estimate of drug-likeness (QED) is 0.887. The molecule has 1 saturated heterocycles. The van der Waals surface area contributed by atoms with Crippen LogP contribution in [0.3, 0.4) is 0 Å². The summed E-state index contributed by atoms with van der Waals surface area (Å²) in [7, 11) is 3.95. The fourth-order valence-corrected chi connectivity index (χ4v) is 2.58. The van der Waals surface area contributed by atoms with Gasteiger partial charge in [-0.15, -0.1) is 0 Å². The van der Waals surface area contributed by atoms with Crippen LogP contribution in [0.1, 0.15) is 24.6 Å². The molecule has 1 aliphatic heterocycles. The second kappa shape index (κ2) is 6.01. The van der Waals surface area contributed by atoms with E-state index in [9.17, 15) is 0 Å². The molecule has 21 heavy (non-hydrogen) atoms. The molecule has 0 amide bonds. The van der Waals surface area contributed by atoms with Crippen LogP contribution >= 0.6 is 0 Å². The Balaban J connectivity index is 1.79. The SMILES string of the molecule is CNc1cc(Nc2nccc(C3CCCN3C)n2)ncn1. The summed E-state index contributed by atoms with van der Waals surface area (Å²) in [5.41, 5.74) is 1.05. The zero-order valence-electron chi connectivity index (χ0n) is 12.2. The highest BCUT2D eigenvalue weighted by Gasteiger charge is 2.23. The monoisotopic (exact) mass is 285 g/mol. The Labute approximate surface area is 123 Å². The van der Waals surface area contributed by atoms with Gasteiger partial charge in [0.1, 0.15) is 18.0 Å². The van der Waals surface area contributed by atoms with Gasteiger partial charge in [-0.2, -0.15) is 0 Å². The molecule has 3 heterocycles.